The number of anilines is 1. The van der Waals surface area contributed by atoms with E-state index in [1.807, 2.05) is 44.2 Å². The van der Waals surface area contributed by atoms with Gasteiger partial charge in [-0.1, -0.05) is 29.8 Å². The minimum absolute atomic E-state index is 0.664. The smallest absolute Gasteiger partial charge is 0.124 e. The summed E-state index contributed by atoms with van der Waals surface area (Å²) in [6.45, 7) is 5.33. The summed E-state index contributed by atoms with van der Waals surface area (Å²) in [5.74, 6) is 0.914. The number of hydrogen-bond acceptors (Lipinski definition) is 2. The second-order valence-corrected chi connectivity index (χ2v) is 5.74. The molecule has 4 heteroatoms. The highest BCUT2D eigenvalue weighted by atomic mass is 79.9. The number of benzene rings is 2. The Bertz CT molecular complexity index is 601. The van der Waals surface area contributed by atoms with E-state index in [4.69, 9.17) is 16.3 Å². The minimum atomic E-state index is 0.664. The van der Waals surface area contributed by atoms with Crippen LogP contribution in [-0.4, -0.2) is 6.61 Å². The molecule has 2 aromatic carbocycles. The van der Waals surface area contributed by atoms with E-state index in [1.54, 1.807) is 0 Å². The van der Waals surface area contributed by atoms with Gasteiger partial charge in [-0.3, -0.25) is 0 Å². The Kier molecular flexibility index (Phi) is 5.32. The van der Waals surface area contributed by atoms with Crippen LogP contribution in [0.1, 0.15) is 18.1 Å². The largest absolute Gasteiger partial charge is 0.494 e. The quantitative estimate of drug-likeness (QED) is 0.774. The van der Waals surface area contributed by atoms with Gasteiger partial charge in [0.2, 0.25) is 0 Å². The molecule has 1 N–H and O–H groups in total. The molecule has 0 bridgehead atoms. The number of halogens is 2. The van der Waals surface area contributed by atoms with Gasteiger partial charge in [0.1, 0.15) is 5.75 Å². The van der Waals surface area contributed by atoms with E-state index in [0.29, 0.717) is 13.2 Å². The Morgan fingerprint density at radius 2 is 2.00 bits per heavy atom. The zero-order valence-electron chi connectivity index (χ0n) is 11.5. The summed E-state index contributed by atoms with van der Waals surface area (Å²) in [7, 11) is 0. The van der Waals surface area contributed by atoms with Crippen molar-refractivity contribution in [3.05, 3.63) is 57.0 Å². The van der Waals surface area contributed by atoms with Crippen molar-refractivity contribution in [2.75, 3.05) is 11.9 Å². The molecule has 0 saturated heterocycles. The lowest BCUT2D eigenvalue weighted by atomic mass is 10.2. The lowest BCUT2D eigenvalue weighted by Gasteiger charge is -2.13. The molecule has 2 nitrogen and oxygen atoms in total. The van der Waals surface area contributed by atoms with E-state index < -0.39 is 0 Å². The zero-order valence-corrected chi connectivity index (χ0v) is 13.9. The molecule has 0 fully saturated rings. The van der Waals surface area contributed by atoms with E-state index >= 15 is 0 Å². The normalized spacial score (nSPS) is 10.4. The van der Waals surface area contributed by atoms with Gasteiger partial charge in [0, 0.05) is 21.6 Å². The maximum atomic E-state index is 6.16. The van der Waals surface area contributed by atoms with Crippen molar-refractivity contribution in [1.82, 2.24) is 0 Å². The molecule has 0 spiro atoms. The molecule has 0 atom stereocenters. The Morgan fingerprint density at radius 3 is 2.75 bits per heavy atom. The van der Waals surface area contributed by atoms with E-state index in [9.17, 15) is 0 Å². The van der Waals surface area contributed by atoms with E-state index in [1.165, 1.54) is 0 Å². The molecule has 0 radical (unpaired) electrons. The summed E-state index contributed by atoms with van der Waals surface area (Å²) in [4.78, 5) is 0. The van der Waals surface area contributed by atoms with Crippen LogP contribution in [0.4, 0.5) is 5.69 Å². The maximum Gasteiger partial charge on any atom is 0.124 e. The van der Waals surface area contributed by atoms with Crippen molar-refractivity contribution in [2.24, 2.45) is 0 Å². The van der Waals surface area contributed by atoms with Gasteiger partial charge >= 0.3 is 0 Å². The predicted molar refractivity (Wildman–Crippen MR) is 88.8 cm³/mol. The first-order valence-corrected chi connectivity index (χ1v) is 7.69. The van der Waals surface area contributed by atoms with Gasteiger partial charge in [-0.25, -0.2) is 0 Å². The first-order valence-electron chi connectivity index (χ1n) is 6.52. The van der Waals surface area contributed by atoms with E-state index in [0.717, 1.165) is 32.1 Å². The average molecular weight is 355 g/mol. The second-order valence-electron chi connectivity index (χ2n) is 4.48. The standard InChI is InChI=1S/C16H17BrClNO/c1-3-20-16-7-5-4-6-12(16)10-19-15-9-14(18)11(2)8-13(15)17/h4-9,19H,3,10H2,1-2H3. The van der Waals surface area contributed by atoms with Crippen LogP contribution in [0.5, 0.6) is 5.75 Å². The number of hydrogen-bond donors (Lipinski definition) is 1. The Labute approximate surface area is 133 Å². The molecule has 0 aliphatic carbocycles. The predicted octanol–water partition coefficient (Wildman–Crippen LogP) is 5.42. The molecule has 0 aliphatic heterocycles. The fraction of sp³-hybridized carbons (Fsp3) is 0.250. The second kappa shape index (κ2) is 7.00. The third-order valence-corrected chi connectivity index (χ3v) is 4.05. The van der Waals surface area contributed by atoms with Crippen LogP contribution in [0.15, 0.2) is 40.9 Å². The Balaban J connectivity index is 2.15. The molecule has 0 heterocycles. The fourth-order valence-electron chi connectivity index (χ4n) is 1.92. The van der Waals surface area contributed by atoms with Gasteiger partial charge in [-0.05, 0) is 53.5 Å². The number of rotatable bonds is 5. The summed E-state index contributed by atoms with van der Waals surface area (Å²) in [6.07, 6.45) is 0. The van der Waals surface area contributed by atoms with Crippen LogP contribution in [0.3, 0.4) is 0 Å². The van der Waals surface area contributed by atoms with Crippen LogP contribution in [0.25, 0.3) is 0 Å². The Hall–Kier alpha value is -1.19. The lowest BCUT2D eigenvalue weighted by Crippen LogP contribution is -2.03. The third-order valence-electron chi connectivity index (χ3n) is 2.99. The highest BCUT2D eigenvalue weighted by Crippen LogP contribution is 2.30. The van der Waals surface area contributed by atoms with Gasteiger partial charge in [-0.15, -0.1) is 0 Å². The summed E-state index contributed by atoms with van der Waals surface area (Å²) in [5.41, 5.74) is 3.16. The van der Waals surface area contributed by atoms with Crippen molar-refractivity contribution in [2.45, 2.75) is 20.4 Å². The number of para-hydroxylation sites is 1. The third kappa shape index (κ3) is 3.68. The molecular formula is C16H17BrClNO. The molecule has 20 heavy (non-hydrogen) atoms. The van der Waals surface area contributed by atoms with Crippen LogP contribution in [0.2, 0.25) is 5.02 Å². The molecular weight excluding hydrogens is 338 g/mol. The van der Waals surface area contributed by atoms with E-state index in [-0.39, 0.29) is 0 Å². The first kappa shape index (κ1) is 15.2. The van der Waals surface area contributed by atoms with Crippen molar-refractivity contribution in [3.8, 4) is 5.75 Å². The van der Waals surface area contributed by atoms with Crippen LogP contribution in [0, 0.1) is 6.92 Å². The summed E-state index contributed by atoms with van der Waals surface area (Å²) < 4.78 is 6.63. The molecule has 0 aromatic heterocycles. The van der Waals surface area contributed by atoms with Crippen molar-refractivity contribution < 1.29 is 4.74 Å². The highest BCUT2D eigenvalue weighted by Gasteiger charge is 2.06. The molecule has 0 saturated carbocycles. The van der Waals surface area contributed by atoms with Crippen molar-refractivity contribution >= 4 is 33.2 Å². The van der Waals surface area contributed by atoms with Crippen LogP contribution >= 0.6 is 27.5 Å². The maximum absolute atomic E-state index is 6.16. The van der Waals surface area contributed by atoms with Crippen LogP contribution < -0.4 is 10.1 Å². The van der Waals surface area contributed by atoms with Crippen molar-refractivity contribution in [3.63, 3.8) is 0 Å². The van der Waals surface area contributed by atoms with Gasteiger partial charge in [0.25, 0.3) is 0 Å². The van der Waals surface area contributed by atoms with E-state index in [2.05, 4.69) is 27.3 Å². The highest BCUT2D eigenvalue weighted by molar-refractivity contribution is 9.10. The first-order chi connectivity index (χ1) is 9.61. The fourth-order valence-corrected chi connectivity index (χ4v) is 2.68. The summed E-state index contributed by atoms with van der Waals surface area (Å²) >= 11 is 9.71. The molecule has 0 unspecified atom stereocenters. The van der Waals surface area contributed by atoms with Crippen LogP contribution in [-0.2, 0) is 6.54 Å². The zero-order chi connectivity index (χ0) is 14.5. The number of ether oxygens (including phenoxy) is 1. The Morgan fingerprint density at radius 1 is 1.25 bits per heavy atom. The molecule has 0 amide bonds. The monoisotopic (exact) mass is 353 g/mol. The van der Waals surface area contributed by atoms with Gasteiger partial charge < -0.3 is 10.1 Å². The summed E-state index contributed by atoms with van der Waals surface area (Å²) in [5, 5.41) is 4.14. The van der Waals surface area contributed by atoms with Crippen molar-refractivity contribution in [1.29, 1.82) is 0 Å². The number of aryl methyl sites for hydroxylation is 1. The minimum Gasteiger partial charge on any atom is -0.494 e. The molecule has 2 rings (SSSR count). The SMILES string of the molecule is CCOc1ccccc1CNc1cc(Cl)c(C)cc1Br. The lowest BCUT2D eigenvalue weighted by molar-refractivity contribution is 0.337. The topological polar surface area (TPSA) is 21.3 Å². The average Bonchev–Trinajstić information content (AvgIpc) is 2.43. The number of nitrogens with one attached hydrogen (secondary N) is 1. The van der Waals surface area contributed by atoms with Gasteiger partial charge in [0.15, 0.2) is 0 Å². The van der Waals surface area contributed by atoms with Gasteiger partial charge in [0.05, 0.1) is 12.3 Å². The molecule has 0 aliphatic rings. The molecule has 2 aromatic rings. The molecule has 106 valence electrons. The van der Waals surface area contributed by atoms with Gasteiger partial charge in [-0.2, -0.15) is 0 Å². The summed E-state index contributed by atoms with van der Waals surface area (Å²) in [6, 6.07) is 12.0.